The van der Waals surface area contributed by atoms with Crippen LogP contribution in [0.1, 0.15) is 48.5 Å². The minimum Gasteiger partial charge on any atom is -0.493 e. The van der Waals surface area contributed by atoms with Crippen molar-refractivity contribution in [2.24, 2.45) is 0 Å². The molecule has 0 fully saturated rings. The molecule has 0 spiro atoms. The summed E-state index contributed by atoms with van der Waals surface area (Å²) < 4.78 is 20.5. The summed E-state index contributed by atoms with van der Waals surface area (Å²) in [6.07, 6.45) is 4.03. The molecule has 7 nitrogen and oxygen atoms in total. The van der Waals surface area contributed by atoms with Gasteiger partial charge in [-0.2, -0.15) is 0 Å². The normalized spacial score (nSPS) is 11.9. The molecule has 0 radical (unpaired) electrons. The molecule has 0 aliphatic heterocycles. The summed E-state index contributed by atoms with van der Waals surface area (Å²) in [7, 11) is 0. The zero-order chi connectivity index (χ0) is 27.5. The molecule has 0 saturated heterocycles. The number of hydroxylamine groups is 1. The van der Waals surface area contributed by atoms with E-state index in [0.717, 1.165) is 29.7 Å². The fraction of sp³-hybridized carbons (Fsp3) is 0.226. The predicted octanol–water partition coefficient (Wildman–Crippen LogP) is 6.23. The fourth-order valence-corrected chi connectivity index (χ4v) is 4.04. The van der Waals surface area contributed by atoms with Crippen LogP contribution in [0.25, 0.3) is 11.3 Å². The average Bonchev–Trinajstić information content (AvgIpc) is 3.53. The molecular formula is C31H32N2O5. The molecule has 4 rings (SSSR count). The Morgan fingerprint density at radius 2 is 1.66 bits per heavy atom. The highest BCUT2D eigenvalue weighted by Gasteiger charge is 2.19. The van der Waals surface area contributed by atoms with Crippen LogP contribution in [0.5, 0.6) is 5.75 Å². The van der Waals surface area contributed by atoms with Gasteiger partial charge in [0.2, 0.25) is 5.91 Å². The zero-order valence-electron chi connectivity index (χ0n) is 22.1. The van der Waals surface area contributed by atoms with Crippen LogP contribution < -0.4 is 10.2 Å². The number of unbranched alkanes of at least 4 members (excludes halogenated alkanes) is 2. The summed E-state index contributed by atoms with van der Waals surface area (Å²) in [5, 5.41) is 8.59. The van der Waals surface area contributed by atoms with Gasteiger partial charge < -0.3 is 14.1 Å². The minimum atomic E-state index is -0.922. The highest BCUT2D eigenvalue weighted by atomic mass is 16.5. The van der Waals surface area contributed by atoms with Crippen LogP contribution >= 0.6 is 0 Å². The summed E-state index contributed by atoms with van der Waals surface area (Å²) in [6, 6.07) is 27.7. The number of nitrogens with zero attached hydrogens (tertiary/aromatic N) is 1. The molecule has 4 aromatic rings. The van der Waals surface area contributed by atoms with Gasteiger partial charge in [0.25, 0.3) is 5.91 Å². The number of nitrogens with one attached hydrogen (secondary N) is 1. The molecule has 3 aromatic carbocycles. The lowest BCUT2D eigenvalue weighted by atomic mass is 10.1. The Morgan fingerprint density at radius 1 is 0.895 bits per heavy atom. The van der Waals surface area contributed by atoms with Crippen molar-refractivity contribution in [3.63, 3.8) is 0 Å². The van der Waals surface area contributed by atoms with E-state index in [9.17, 15) is 9.59 Å². The number of benzene rings is 3. The van der Waals surface area contributed by atoms with E-state index in [1.165, 1.54) is 4.90 Å². The molecule has 2 N–H and O–H groups in total. The second-order valence-electron chi connectivity index (χ2n) is 8.83. The third-order valence-corrected chi connectivity index (χ3v) is 6.05. The van der Waals surface area contributed by atoms with Crippen LogP contribution in [0.4, 0.5) is 0 Å². The molecule has 1 unspecified atom stereocenters. The number of amides is 2. The van der Waals surface area contributed by atoms with Gasteiger partial charge in [0.15, 0.2) is 0 Å². The summed E-state index contributed by atoms with van der Waals surface area (Å²) in [6.45, 7) is -0.286. The van der Waals surface area contributed by atoms with E-state index in [0.29, 0.717) is 29.9 Å². The van der Waals surface area contributed by atoms with Crippen molar-refractivity contribution in [2.45, 2.75) is 38.7 Å². The number of rotatable bonds is 13. The third-order valence-electron chi connectivity index (χ3n) is 6.05. The van der Waals surface area contributed by atoms with Gasteiger partial charge in [0.05, 0.1) is 14.2 Å². The van der Waals surface area contributed by atoms with Gasteiger partial charge >= 0.3 is 0 Å². The molecule has 196 valence electrons. The number of hydrogen-bond acceptors (Lipinski definition) is 5. The van der Waals surface area contributed by atoms with E-state index in [-0.39, 0.29) is 18.9 Å². The van der Waals surface area contributed by atoms with E-state index in [1.807, 2.05) is 78.9 Å². The lowest BCUT2D eigenvalue weighted by Gasteiger charge is -2.24. The molecule has 0 aliphatic rings. The molecule has 0 bridgehead atoms. The zero-order valence-corrected chi connectivity index (χ0v) is 21.1. The van der Waals surface area contributed by atoms with Crippen LogP contribution in [0.3, 0.4) is 0 Å². The van der Waals surface area contributed by atoms with E-state index in [1.54, 1.807) is 23.9 Å². The molecule has 38 heavy (non-hydrogen) atoms. The van der Waals surface area contributed by atoms with Crippen molar-refractivity contribution in [2.75, 3.05) is 6.61 Å². The van der Waals surface area contributed by atoms with Crippen molar-refractivity contribution in [1.82, 2.24) is 10.4 Å². The highest BCUT2D eigenvalue weighted by molar-refractivity contribution is 5.94. The van der Waals surface area contributed by atoms with Crippen molar-refractivity contribution in [3.05, 3.63) is 114 Å². The van der Waals surface area contributed by atoms with Crippen molar-refractivity contribution < 1.29 is 25.3 Å². The smallest absolute Gasteiger partial charge is 0.254 e. The van der Waals surface area contributed by atoms with Crippen LogP contribution in [-0.4, -0.2) is 28.5 Å². The molecule has 0 saturated carbocycles. The van der Waals surface area contributed by atoms with Gasteiger partial charge in [-0.1, -0.05) is 60.7 Å². The number of ether oxygens (including phenoxy) is 1. The van der Waals surface area contributed by atoms with Crippen LogP contribution in [0, 0.1) is 0 Å². The highest BCUT2D eigenvalue weighted by Crippen LogP contribution is 2.24. The SMILES string of the molecule is [2H]C(c1ccccc1)N(Cc1ccccc1OCCCCCC(=O)NO)C(=O)c1ccc(-c2ccco2)cc1. The minimum absolute atomic E-state index is 0.189. The summed E-state index contributed by atoms with van der Waals surface area (Å²) >= 11 is 0. The van der Waals surface area contributed by atoms with Crippen molar-refractivity contribution in [3.8, 4) is 17.1 Å². The Kier molecular flexibility index (Phi) is 9.19. The van der Waals surface area contributed by atoms with Crippen LogP contribution in [-0.2, 0) is 17.9 Å². The van der Waals surface area contributed by atoms with Crippen molar-refractivity contribution >= 4 is 11.8 Å². The molecule has 7 heteroatoms. The maximum absolute atomic E-state index is 13.8. The fourth-order valence-electron chi connectivity index (χ4n) is 4.04. The predicted molar refractivity (Wildman–Crippen MR) is 144 cm³/mol. The molecule has 2 amide bonds. The Hall–Kier alpha value is -4.36. The summed E-state index contributed by atoms with van der Waals surface area (Å²) in [5.74, 6) is 0.708. The summed E-state index contributed by atoms with van der Waals surface area (Å²) in [5.41, 5.74) is 4.49. The van der Waals surface area contributed by atoms with Gasteiger partial charge in [-0.3, -0.25) is 14.8 Å². The summed E-state index contributed by atoms with van der Waals surface area (Å²) in [4.78, 5) is 26.5. The maximum atomic E-state index is 13.8. The quantitative estimate of drug-likeness (QED) is 0.126. The molecule has 1 aromatic heterocycles. The first-order valence-corrected chi connectivity index (χ1v) is 12.6. The first kappa shape index (κ1) is 25.3. The van der Waals surface area contributed by atoms with Gasteiger partial charge in [0, 0.05) is 36.2 Å². The number of para-hydroxylation sites is 1. The first-order chi connectivity index (χ1) is 19.1. The first-order valence-electron chi connectivity index (χ1n) is 13.2. The Labute approximate surface area is 224 Å². The van der Waals surface area contributed by atoms with E-state index < -0.39 is 12.4 Å². The standard InChI is InChI=1S/C31H32N2O5/c34-30(32-36)15-5-2-8-20-37-29-13-7-6-12-27(29)23-33(22-24-10-3-1-4-11-24)31(35)26-18-16-25(17-19-26)28-14-9-21-38-28/h1,3-4,6-7,9-14,16-19,21,36H,2,5,8,15,20,22-23H2,(H,32,34)/i22D. The average molecular weight is 514 g/mol. The van der Waals surface area contributed by atoms with Crippen molar-refractivity contribution in [1.29, 1.82) is 0 Å². The number of carbonyl (C=O) groups is 2. The molecule has 1 heterocycles. The topological polar surface area (TPSA) is 92.0 Å². The van der Waals surface area contributed by atoms with E-state index in [2.05, 4.69) is 0 Å². The largest absolute Gasteiger partial charge is 0.493 e. The van der Waals surface area contributed by atoms with Gasteiger partial charge in [-0.05, 0) is 55.2 Å². The molecular weight excluding hydrogens is 480 g/mol. The second kappa shape index (κ2) is 13.8. The molecule has 0 aliphatic carbocycles. The number of carbonyl (C=O) groups excluding carboxylic acids is 2. The molecule has 1 atom stereocenters. The number of hydrogen-bond donors (Lipinski definition) is 2. The third kappa shape index (κ3) is 7.57. The maximum Gasteiger partial charge on any atom is 0.254 e. The van der Waals surface area contributed by atoms with Crippen LogP contribution in [0.2, 0.25) is 0 Å². The second-order valence-corrected chi connectivity index (χ2v) is 8.83. The Balaban J connectivity index is 1.50. The van der Waals surface area contributed by atoms with Gasteiger partial charge in [-0.25, -0.2) is 5.48 Å². The lowest BCUT2D eigenvalue weighted by Crippen LogP contribution is -2.30. The van der Waals surface area contributed by atoms with Crippen LogP contribution in [0.15, 0.2) is 102 Å². The number of furan rings is 1. The Morgan fingerprint density at radius 3 is 2.39 bits per heavy atom. The Bertz CT molecular complexity index is 1330. The van der Waals surface area contributed by atoms with E-state index in [4.69, 9.17) is 15.7 Å². The van der Waals surface area contributed by atoms with Gasteiger partial charge in [-0.15, -0.1) is 0 Å². The van der Waals surface area contributed by atoms with Gasteiger partial charge in [0.1, 0.15) is 11.5 Å². The lowest BCUT2D eigenvalue weighted by molar-refractivity contribution is -0.129. The van der Waals surface area contributed by atoms with E-state index >= 15 is 0 Å². The monoisotopic (exact) mass is 513 g/mol.